The van der Waals surface area contributed by atoms with Crippen molar-refractivity contribution in [2.75, 3.05) is 5.32 Å². The van der Waals surface area contributed by atoms with E-state index in [4.69, 9.17) is 0 Å². The summed E-state index contributed by atoms with van der Waals surface area (Å²) in [7, 11) is 0. The number of rotatable bonds is 3. The van der Waals surface area contributed by atoms with Gasteiger partial charge in [0.25, 0.3) is 5.56 Å². The van der Waals surface area contributed by atoms with Crippen molar-refractivity contribution in [2.45, 2.75) is 6.92 Å². The van der Waals surface area contributed by atoms with Gasteiger partial charge in [-0.3, -0.25) is 9.78 Å². The van der Waals surface area contributed by atoms with Gasteiger partial charge >= 0.3 is 0 Å². The number of aryl methyl sites for hydroxylation is 1. The first kappa shape index (κ1) is 14.0. The molecular formula is C17H14FN3O. The lowest BCUT2D eigenvalue weighted by Gasteiger charge is -2.07. The predicted molar refractivity (Wildman–Crippen MR) is 84.7 cm³/mol. The topological polar surface area (TPSA) is 57.8 Å². The van der Waals surface area contributed by atoms with Crippen LogP contribution < -0.4 is 10.9 Å². The number of anilines is 2. The van der Waals surface area contributed by atoms with Crippen molar-refractivity contribution in [3.63, 3.8) is 0 Å². The molecule has 5 heteroatoms. The van der Waals surface area contributed by atoms with Crippen molar-refractivity contribution >= 4 is 11.6 Å². The molecular weight excluding hydrogens is 281 g/mol. The van der Waals surface area contributed by atoms with Crippen LogP contribution >= 0.6 is 0 Å². The minimum absolute atomic E-state index is 0.254. The number of hydrogen-bond donors (Lipinski definition) is 2. The Kier molecular flexibility index (Phi) is 3.70. The second kappa shape index (κ2) is 5.81. The molecule has 0 saturated carbocycles. The molecule has 110 valence electrons. The number of halogens is 1. The zero-order valence-corrected chi connectivity index (χ0v) is 11.9. The molecule has 0 bridgehead atoms. The highest BCUT2D eigenvalue weighted by atomic mass is 19.1. The minimum Gasteiger partial charge on any atom is -0.326 e. The monoisotopic (exact) mass is 295 g/mol. The molecule has 0 aliphatic rings. The van der Waals surface area contributed by atoms with E-state index >= 15 is 0 Å². The Morgan fingerprint density at radius 3 is 2.59 bits per heavy atom. The lowest BCUT2D eigenvalue weighted by molar-refractivity contribution is 0.628. The number of H-pyrrole nitrogens is 1. The van der Waals surface area contributed by atoms with Gasteiger partial charge in [0.05, 0.1) is 5.69 Å². The van der Waals surface area contributed by atoms with E-state index in [-0.39, 0.29) is 11.4 Å². The molecule has 0 saturated heterocycles. The first-order valence-electron chi connectivity index (χ1n) is 6.81. The number of nitrogens with zero attached hydrogens (tertiary/aromatic N) is 1. The molecule has 4 nitrogen and oxygen atoms in total. The fourth-order valence-electron chi connectivity index (χ4n) is 2.14. The number of hydrogen-bond acceptors (Lipinski definition) is 3. The molecule has 0 unspecified atom stereocenters. The maximum Gasteiger partial charge on any atom is 0.252 e. The van der Waals surface area contributed by atoms with Crippen LogP contribution in [-0.2, 0) is 0 Å². The Balaban J connectivity index is 1.96. The standard InChI is InChI=1S/C17H14FN3O/c1-11-3-2-4-12(9-11)15-10-16(22)21-17(20-15)19-14-7-5-13(18)6-8-14/h2-10H,1H3,(H2,19,20,21,22). The van der Waals surface area contributed by atoms with Crippen LogP contribution in [0.15, 0.2) is 59.4 Å². The van der Waals surface area contributed by atoms with Crippen molar-refractivity contribution in [3.05, 3.63) is 76.3 Å². The molecule has 0 radical (unpaired) electrons. The summed E-state index contributed by atoms with van der Waals surface area (Å²) < 4.78 is 12.9. The summed E-state index contributed by atoms with van der Waals surface area (Å²) in [5, 5.41) is 2.96. The molecule has 0 aliphatic carbocycles. The Morgan fingerprint density at radius 2 is 1.86 bits per heavy atom. The fourth-order valence-corrected chi connectivity index (χ4v) is 2.14. The summed E-state index contributed by atoms with van der Waals surface area (Å²) in [5.74, 6) is -0.00358. The fraction of sp³-hybridized carbons (Fsp3) is 0.0588. The zero-order valence-electron chi connectivity index (χ0n) is 11.9. The van der Waals surface area contributed by atoms with Crippen LogP contribution in [0.1, 0.15) is 5.56 Å². The van der Waals surface area contributed by atoms with Gasteiger partial charge in [0.1, 0.15) is 5.82 Å². The lowest BCUT2D eigenvalue weighted by Crippen LogP contribution is -2.10. The third kappa shape index (κ3) is 3.20. The zero-order chi connectivity index (χ0) is 15.5. The van der Waals surface area contributed by atoms with Gasteiger partial charge < -0.3 is 5.32 Å². The lowest BCUT2D eigenvalue weighted by atomic mass is 10.1. The van der Waals surface area contributed by atoms with Crippen LogP contribution in [0, 0.1) is 12.7 Å². The Labute approximate surface area is 126 Å². The van der Waals surface area contributed by atoms with Gasteiger partial charge in [-0.25, -0.2) is 9.37 Å². The number of benzene rings is 2. The SMILES string of the molecule is Cc1cccc(-c2cc(=O)[nH]c(Nc3ccc(F)cc3)n2)c1. The van der Waals surface area contributed by atoms with E-state index in [1.807, 2.05) is 31.2 Å². The summed E-state index contributed by atoms with van der Waals surface area (Å²) >= 11 is 0. The molecule has 1 heterocycles. The van der Waals surface area contributed by atoms with Crippen LogP contribution in [-0.4, -0.2) is 9.97 Å². The van der Waals surface area contributed by atoms with Crippen molar-refractivity contribution < 1.29 is 4.39 Å². The molecule has 3 rings (SSSR count). The molecule has 1 aromatic heterocycles. The minimum atomic E-state index is -0.319. The van der Waals surface area contributed by atoms with Gasteiger partial charge in [-0.2, -0.15) is 0 Å². The smallest absolute Gasteiger partial charge is 0.252 e. The third-order valence-corrected chi connectivity index (χ3v) is 3.16. The van der Waals surface area contributed by atoms with Gasteiger partial charge in [0.15, 0.2) is 0 Å². The second-order valence-corrected chi connectivity index (χ2v) is 4.98. The van der Waals surface area contributed by atoms with Gasteiger partial charge in [-0.15, -0.1) is 0 Å². The summed E-state index contributed by atoms with van der Waals surface area (Å²) in [6.07, 6.45) is 0. The maximum atomic E-state index is 12.9. The highest BCUT2D eigenvalue weighted by Gasteiger charge is 2.05. The van der Waals surface area contributed by atoms with Gasteiger partial charge in [-0.1, -0.05) is 23.8 Å². The van der Waals surface area contributed by atoms with E-state index < -0.39 is 0 Å². The van der Waals surface area contributed by atoms with Crippen molar-refractivity contribution in [3.8, 4) is 11.3 Å². The van der Waals surface area contributed by atoms with Crippen molar-refractivity contribution in [1.29, 1.82) is 0 Å². The summed E-state index contributed by atoms with van der Waals surface area (Å²) in [6.45, 7) is 1.98. The van der Waals surface area contributed by atoms with E-state index in [9.17, 15) is 9.18 Å². The van der Waals surface area contributed by atoms with Gasteiger partial charge in [0.2, 0.25) is 5.95 Å². The molecule has 3 aromatic rings. The number of aromatic nitrogens is 2. The van der Waals surface area contributed by atoms with E-state index in [1.54, 1.807) is 12.1 Å². The van der Waals surface area contributed by atoms with Gasteiger partial charge in [0, 0.05) is 17.3 Å². The Hall–Kier alpha value is -2.95. The molecule has 0 amide bonds. The molecule has 2 aromatic carbocycles. The van der Waals surface area contributed by atoms with E-state index in [2.05, 4.69) is 15.3 Å². The van der Waals surface area contributed by atoms with Crippen LogP contribution in [0.2, 0.25) is 0 Å². The molecule has 0 atom stereocenters. The normalized spacial score (nSPS) is 10.5. The first-order valence-corrected chi connectivity index (χ1v) is 6.81. The third-order valence-electron chi connectivity index (χ3n) is 3.16. The largest absolute Gasteiger partial charge is 0.326 e. The van der Waals surface area contributed by atoms with Crippen LogP contribution in [0.25, 0.3) is 11.3 Å². The first-order chi connectivity index (χ1) is 10.6. The molecule has 0 spiro atoms. The highest BCUT2D eigenvalue weighted by molar-refractivity contribution is 5.62. The average molecular weight is 295 g/mol. The van der Waals surface area contributed by atoms with E-state index in [0.717, 1.165) is 11.1 Å². The molecule has 22 heavy (non-hydrogen) atoms. The van der Waals surface area contributed by atoms with Crippen LogP contribution in [0.4, 0.5) is 16.0 Å². The van der Waals surface area contributed by atoms with Gasteiger partial charge in [-0.05, 0) is 37.3 Å². The molecule has 2 N–H and O–H groups in total. The summed E-state index contributed by atoms with van der Waals surface area (Å²) in [6, 6.07) is 15.0. The highest BCUT2D eigenvalue weighted by Crippen LogP contribution is 2.19. The van der Waals surface area contributed by atoms with E-state index in [1.165, 1.54) is 18.2 Å². The molecule has 0 aliphatic heterocycles. The van der Waals surface area contributed by atoms with Crippen molar-refractivity contribution in [2.24, 2.45) is 0 Å². The predicted octanol–water partition coefficient (Wildman–Crippen LogP) is 3.63. The average Bonchev–Trinajstić information content (AvgIpc) is 2.49. The van der Waals surface area contributed by atoms with Crippen LogP contribution in [0.5, 0.6) is 0 Å². The molecule has 0 fully saturated rings. The van der Waals surface area contributed by atoms with Crippen molar-refractivity contribution in [1.82, 2.24) is 9.97 Å². The second-order valence-electron chi connectivity index (χ2n) is 4.98. The Morgan fingerprint density at radius 1 is 1.09 bits per heavy atom. The number of aromatic amines is 1. The number of nitrogens with one attached hydrogen (secondary N) is 2. The maximum absolute atomic E-state index is 12.9. The van der Waals surface area contributed by atoms with E-state index in [0.29, 0.717) is 17.3 Å². The van der Waals surface area contributed by atoms with Crippen LogP contribution in [0.3, 0.4) is 0 Å². The Bertz CT molecular complexity index is 856. The summed E-state index contributed by atoms with van der Waals surface area (Å²) in [4.78, 5) is 18.8. The quantitative estimate of drug-likeness (QED) is 0.775. The summed E-state index contributed by atoms with van der Waals surface area (Å²) in [5.41, 5.74) is 2.93.